The molecular formula is C5H4NO2. The van der Waals surface area contributed by atoms with E-state index in [1.54, 1.807) is 13.2 Å². The van der Waals surface area contributed by atoms with Crippen LogP contribution in [0.4, 0.5) is 0 Å². The van der Waals surface area contributed by atoms with Crippen LogP contribution in [0, 0.1) is 6.92 Å². The van der Waals surface area contributed by atoms with Gasteiger partial charge in [-0.15, -0.1) is 0 Å². The minimum absolute atomic E-state index is 0.255. The lowest BCUT2D eigenvalue weighted by atomic mass is 10.3. The molecule has 1 rings (SSSR count). The van der Waals surface area contributed by atoms with Crippen LogP contribution in [0.25, 0.3) is 0 Å². The van der Waals surface area contributed by atoms with Crippen LogP contribution in [0.3, 0.4) is 0 Å². The summed E-state index contributed by atoms with van der Waals surface area (Å²) in [7, 11) is 0. The number of aryl methyl sites for hydroxylation is 1. The normalized spacial score (nSPS) is 9.12. The van der Waals surface area contributed by atoms with E-state index >= 15 is 0 Å². The van der Waals surface area contributed by atoms with Gasteiger partial charge >= 0.3 is 0 Å². The van der Waals surface area contributed by atoms with Crippen molar-refractivity contribution >= 4 is 6.29 Å². The fourth-order valence-corrected chi connectivity index (χ4v) is 0.385. The predicted octanol–water partition coefficient (Wildman–Crippen LogP) is 0.441. The molecule has 0 amide bonds. The van der Waals surface area contributed by atoms with E-state index in [9.17, 15) is 4.79 Å². The molecule has 0 aliphatic carbocycles. The number of hydrogen-bond acceptors (Lipinski definition) is 3. The summed E-state index contributed by atoms with van der Waals surface area (Å²) >= 11 is 0. The Balaban J connectivity index is 3.09. The van der Waals surface area contributed by atoms with Crippen molar-refractivity contribution in [1.29, 1.82) is 0 Å². The van der Waals surface area contributed by atoms with Crippen molar-refractivity contribution < 1.29 is 9.32 Å². The molecule has 0 saturated heterocycles. The van der Waals surface area contributed by atoms with Crippen LogP contribution >= 0.6 is 0 Å². The molecule has 0 saturated carbocycles. The summed E-state index contributed by atoms with van der Waals surface area (Å²) in [4.78, 5) is 9.84. The van der Waals surface area contributed by atoms with Gasteiger partial charge in [-0.2, -0.15) is 0 Å². The van der Waals surface area contributed by atoms with Crippen molar-refractivity contribution in [2.75, 3.05) is 0 Å². The maximum atomic E-state index is 9.84. The van der Waals surface area contributed by atoms with Gasteiger partial charge in [0.1, 0.15) is 6.26 Å². The van der Waals surface area contributed by atoms with Gasteiger partial charge in [0.05, 0.1) is 0 Å². The zero-order chi connectivity index (χ0) is 5.98. The topological polar surface area (TPSA) is 43.1 Å². The fraction of sp³-hybridized carbons (Fsp3) is 0.200. The highest BCUT2D eigenvalue weighted by Gasteiger charge is 1.98. The Morgan fingerprint density at radius 1 is 1.88 bits per heavy atom. The lowest BCUT2D eigenvalue weighted by Crippen LogP contribution is -1.80. The van der Waals surface area contributed by atoms with E-state index in [1.807, 2.05) is 0 Å². The van der Waals surface area contributed by atoms with Crippen LogP contribution in [0.2, 0.25) is 0 Å². The molecule has 3 heteroatoms. The smallest absolute Gasteiger partial charge is 0.257 e. The van der Waals surface area contributed by atoms with Gasteiger partial charge in [0.25, 0.3) is 6.29 Å². The highest BCUT2D eigenvalue weighted by Crippen LogP contribution is 1.98. The molecule has 0 fully saturated rings. The van der Waals surface area contributed by atoms with Gasteiger partial charge in [0.2, 0.25) is 0 Å². The third-order valence-corrected chi connectivity index (χ3v) is 0.844. The second-order valence-corrected chi connectivity index (χ2v) is 1.45. The van der Waals surface area contributed by atoms with Crippen molar-refractivity contribution in [2.24, 2.45) is 0 Å². The average molecular weight is 110 g/mol. The standard InChI is InChI=1S/C5H4NO2/c1-4-3-8-6-5(4)2-7/h3H,1H3. The minimum Gasteiger partial charge on any atom is -0.364 e. The quantitative estimate of drug-likeness (QED) is 0.526. The highest BCUT2D eigenvalue weighted by atomic mass is 16.5. The molecule has 41 valence electrons. The molecule has 0 aliphatic rings. The fourth-order valence-electron chi connectivity index (χ4n) is 0.385. The molecular weight excluding hydrogens is 106 g/mol. The summed E-state index contributed by atoms with van der Waals surface area (Å²) in [6.45, 7) is 1.73. The van der Waals surface area contributed by atoms with E-state index in [0.717, 1.165) is 5.56 Å². The molecule has 1 heterocycles. The van der Waals surface area contributed by atoms with E-state index in [-0.39, 0.29) is 5.69 Å². The maximum absolute atomic E-state index is 9.84. The molecule has 0 bridgehead atoms. The molecule has 1 aromatic rings. The Bertz CT molecular complexity index is 192. The molecule has 1 aromatic heterocycles. The van der Waals surface area contributed by atoms with Gasteiger partial charge in [-0.05, 0) is 6.92 Å². The second-order valence-electron chi connectivity index (χ2n) is 1.45. The summed E-state index contributed by atoms with van der Waals surface area (Å²) in [5.74, 6) is 0. The Morgan fingerprint density at radius 2 is 2.62 bits per heavy atom. The van der Waals surface area contributed by atoms with Gasteiger partial charge < -0.3 is 4.52 Å². The Kier molecular flexibility index (Phi) is 1.12. The van der Waals surface area contributed by atoms with Crippen molar-refractivity contribution in [3.8, 4) is 0 Å². The predicted molar refractivity (Wildman–Crippen MR) is 26.0 cm³/mol. The summed E-state index contributed by atoms with van der Waals surface area (Å²) in [5.41, 5.74) is 0.977. The largest absolute Gasteiger partial charge is 0.364 e. The van der Waals surface area contributed by atoms with E-state index in [1.165, 1.54) is 6.26 Å². The average Bonchev–Trinajstić information content (AvgIpc) is 2.14. The first-order valence-electron chi connectivity index (χ1n) is 2.13. The summed E-state index contributed by atoms with van der Waals surface area (Å²) in [5, 5.41) is 3.34. The molecule has 0 atom stereocenters. The summed E-state index contributed by atoms with van der Waals surface area (Å²) in [6.07, 6.45) is 3.02. The third kappa shape index (κ3) is 0.621. The number of carbonyl (C=O) groups excluding carboxylic acids is 1. The van der Waals surface area contributed by atoms with Crippen LogP contribution in [0.5, 0.6) is 0 Å². The maximum Gasteiger partial charge on any atom is 0.257 e. The molecule has 0 aliphatic heterocycles. The van der Waals surface area contributed by atoms with Crippen LogP contribution in [0.15, 0.2) is 10.8 Å². The molecule has 0 aromatic carbocycles. The van der Waals surface area contributed by atoms with Crippen molar-refractivity contribution in [3.63, 3.8) is 0 Å². The Hall–Kier alpha value is -1.12. The zero-order valence-corrected chi connectivity index (χ0v) is 4.34. The van der Waals surface area contributed by atoms with Crippen molar-refractivity contribution in [3.05, 3.63) is 17.5 Å². The monoisotopic (exact) mass is 110 g/mol. The summed E-state index contributed by atoms with van der Waals surface area (Å²) < 4.78 is 4.42. The first-order chi connectivity index (χ1) is 3.84. The summed E-state index contributed by atoms with van der Waals surface area (Å²) in [6, 6.07) is 0. The van der Waals surface area contributed by atoms with Gasteiger partial charge in [-0.3, -0.25) is 4.79 Å². The van der Waals surface area contributed by atoms with Crippen molar-refractivity contribution in [2.45, 2.75) is 6.92 Å². The number of rotatable bonds is 1. The minimum atomic E-state index is 0.255. The van der Waals surface area contributed by atoms with E-state index in [4.69, 9.17) is 0 Å². The van der Waals surface area contributed by atoms with Crippen LogP contribution in [0.1, 0.15) is 11.3 Å². The molecule has 1 radical (unpaired) electrons. The van der Waals surface area contributed by atoms with Gasteiger partial charge in [-0.1, -0.05) is 5.16 Å². The third-order valence-electron chi connectivity index (χ3n) is 0.844. The zero-order valence-electron chi connectivity index (χ0n) is 4.34. The van der Waals surface area contributed by atoms with Crippen LogP contribution < -0.4 is 0 Å². The van der Waals surface area contributed by atoms with Crippen LogP contribution in [-0.2, 0) is 4.79 Å². The first kappa shape index (κ1) is 5.03. The van der Waals surface area contributed by atoms with Crippen LogP contribution in [-0.4, -0.2) is 11.4 Å². The number of nitrogens with zero attached hydrogens (tertiary/aromatic N) is 1. The molecule has 0 spiro atoms. The molecule has 3 nitrogen and oxygen atoms in total. The highest BCUT2D eigenvalue weighted by molar-refractivity contribution is 5.73. The van der Waals surface area contributed by atoms with E-state index in [0.29, 0.717) is 0 Å². The van der Waals surface area contributed by atoms with Gasteiger partial charge in [0, 0.05) is 5.56 Å². The lowest BCUT2D eigenvalue weighted by Gasteiger charge is -1.72. The Labute approximate surface area is 46.3 Å². The van der Waals surface area contributed by atoms with E-state index < -0.39 is 0 Å². The van der Waals surface area contributed by atoms with E-state index in [2.05, 4.69) is 9.68 Å². The van der Waals surface area contributed by atoms with Gasteiger partial charge in [0.15, 0.2) is 5.69 Å². The SMILES string of the molecule is Cc1conc1[C]=O. The lowest BCUT2D eigenvalue weighted by molar-refractivity contribution is 0.416. The molecule has 8 heavy (non-hydrogen) atoms. The van der Waals surface area contributed by atoms with Gasteiger partial charge in [-0.25, -0.2) is 0 Å². The first-order valence-corrected chi connectivity index (χ1v) is 2.13. The Morgan fingerprint density at radius 3 is 2.88 bits per heavy atom. The number of aromatic nitrogens is 1. The molecule has 0 N–H and O–H groups in total. The molecule has 0 unspecified atom stereocenters. The second kappa shape index (κ2) is 1.78. The number of hydrogen-bond donors (Lipinski definition) is 0. The van der Waals surface area contributed by atoms with Crippen molar-refractivity contribution in [1.82, 2.24) is 5.16 Å².